The van der Waals surface area contributed by atoms with Crippen molar-refractivity contribution in [1.29, 1.82) is 0 Å². The van der Waals surface area contributed by atoms with Gasteiger partial charge >= 0.3 is 0 Å². The first-order valence-corrected chi connectivity index (χ1v) is 7.64. The number of nitrogens with one attached hydrogen (secondary N) is 1. The summed E-state index contributed by atoms with van der Waals surface area (Å²) in [5.74, 6) is -0.0597. The van der Waals surface area contributed by atoms with Crippen molar-refractivity contribution >= 4 is 11.8 Å². The standard InChI is InChI=1S/C16H23N5O3/c1-19(2)9-7-17-15(22)11-21(4)16(23)12-10-14(24-18-12)13-6-5-8-20(13)3/h5-6,8,10H,7,9,11H2,1-4H3,(H,17,22). The number of hydrogen-bond acceptors (Lipinski definition) is 5. The highest BCUT2D eigenvalue weighted by atomic mass is 16.5. The number of amides is 2. The number of aromatic nitrogens is 2. The third-order valence-corrected chi connectivity index (χ3v) is 3.53. The van der Waals surface area contributed by atoms with Gasteiger partial charge in [0.25, 0.3) is 5.91 Å². The molecule has 2 aromatic heterocycles. The van der Waals surface area contributed by atoms with Crippen LogP contribution in [0, 0.1) is 0 Å². The fourth-order valence-electron chi connectivity index (χ4n) is 2.17. The van der Waals surface area contributed by atoms with E-state index >= 15 is 0 Å². The van der Waals surface area contributed by atoms with Crippen LogP contribution in [0.25, 0.3) is 11.5 Å². The topological polar surface area (TPSA) is 83.6 Å². The SMILES string of the molecule is CN(C)CCNC(=O)CN(C)C(=O)c1cc(-c2cccn2C)on1. The lowest BCUT2D eigenvalue weighted by atomic mass is 10.3. The van der Waals surface area contributed by atoms with Crippen LogP contribution in [0.5, 0.6) is 0 Å². The lowest BCUT2D eigenvalue weighted by molar-refractivity contribution is -0.121. The largest absolute Gasteiger partial charge is 0.354 e. The van der Waals surface area contributed by atoms with E-state index in [1.807, 2.05) is 48.9 Å². The van der Waals surface area contributed by atoms with Crippen LogP contribution >= 0.6 is 0 Å². The zero-order valence-electron chi connectivity index (χ0n) is 14.4. The summed E-state index contributed by atoms with van der Waals surface area (Å²) >= 11 is 0. The van der Waals surface area contributed by atoms with Gasteiger partial charge in [-0.3, -0.25) is 9.59 Å². The number of aryl methyl sites for hydroxylation is 1. The number of nitrogens with zero attached hydrogens (tertiary/aromatic N) is 4. The molecule has 8 nitrogen and oxygen atoms in total. The Morgan fingerprint density at radius 1 is 1.33 bits per heavy atom. The Morgan fingerprint density at radius 3 is 2.71 bits per heavy atom. The van der Waals surface area contributed by atoms with E-state index in [1.165, 1.54) is 4.90 Å². The highest BCUT2D eigenvalue weighted by Crippen LogP contribution is 2.20. The predicted molar refractivity (Wildman–Crippen MR) is 89.4 cm³/mol. The number of carbonyl (C=O) groups excluding carboxylic acids is 2. The van der Waals surface area contributed by atoms with E-state index in [0.29, 0.717) is 12.3 Å². The Bertz CT molecular complexity index is 704. The van der Waals surface area contributed by atoms with E-state index in [9.17, 15) is 9.59 Å². The number of carbonyl (C=O) groups is 2. The maximum atomic E-state index is 12.3. The van der Waals surface area contributed by atoms with Crippen molar-refractivity contribution in [3.8, 4) is 11.5 Å². The molecular formula is C16H23N5O3. The van der Waals surface area contributed by atoms with Crippen LogP contribution in [0.3, 0.4) is 0 Å². The van der Waals surface area contributed by atoms with Crippen molar-refractivity contribution in [3.05, 3.63) is 30.1 Å². The van der Waals surface area contributed by atoms with Crippen molar-refractivity contribution in [2.24, 2.45) is 7.05 Å². The predicted octanol–water partition coefficient (Wildman–Crippen LogP) is 0.430. The van der Waals surface area contributed by atoms with Crippen molar-refractivity contribution < 1.29 is 14.1 Å². The van der Waals surface area contributed by atoms with Crippen LogP contribution in [0.4, 0.5) is 0 Å². The van der Waals surface area contributed by atoms with E-state index in [1.54, 1.807) is 13.1 Å². The Labute approximate surface area is 141 Å². The van der Waals surface area contributed by atoms with E-state index in [2.05, 4.69) is 10.5 Å². The molecule has 0 aromatic carbocycles. The molecule has 0 bridgehead atoms. The number of rotatable bonds is 7. The summed E-state index contributed by atoms with van der Waals surface area (Å²) in [4.78, 5) is 27.5. The second kappa shape index (κ2) is 7.78. The minimum atomic E-state index is -0.359. The van der Waals surface area contributed by atoms with Crippen LogP contribution in [-0.4, -0.2) is 72.1 Å². The van der Waals surface area contributed by atoms with Crippen molar-refractivity contribution in [2.75, 3.05) is 40.8 Å². The van der Waals surface area contributed by atoms with Gasteiger partial charge in [0.05, 0.1) is 12.2 Å². The van der Waals surface area contributed by atoms with Gasteiger partial charge in [-0.1, -0.05) is 5.16 Å². The van der Waals surface area contributed by atoms with Crippen molar-refractivity contribution in [3.63, 3.8) is 0 Å². The molecule has 2 amide bonds. The van der Waals surface area contributed by atoms with Crippen LogP contribution < -0.4 is 5.32 Å². The molecule has 0 fully saturated rings. The van der Waals surface area contributed by atoms with Crippen LogP contribution in [0.2, 0.25) is 0 Å². The zero-order valence-corrected chi connectivity index (χ0v) is 14.4. The Balaban J connectivity index is 1.93. The first-order valence-electron chi connectivity index (χ1n) is 7.64. The minimum absolute atomic E-state index is 0.0292. The molecule has 2 rings (SSSR count). The highest BCUT2D eigenvalue weighted by Gasteiger charge is 2.20. The molecule has 0 saturated carbocycles. The molecule has 130 valence electrons. The molecule has 0 atom stereocenters. The van der Waals surface area contributed by atoms with Gasteiger partial charge in [-0.25, -0.2) is 0 Å². The fraction of sp³-hybridized carbons (Fsp3) is 0.438. The summed E-state index contributed by atoms with van der Waals surface area (Å²) in [6.07, 6.45) is 1.88. The van der Waals surface area contributed by atoms with Gasteiger partial charge in [0, 0.05) is 39.4 Å². The number of likely N-dealkylation sites (N-methyl/N-ethyl adjacent to an activating group) is 2. The summed E-state index contributed by atoms with van der Waals surface area (Å²) in [6.45, 7) is 1.25. The van der Waals surface area contributed by atoms with E-state index < -0.39 is 0 Å². The maximum absolute atomic E-state index is 12.3. The third-order valence-electron chi connectivity index (χ3n) is 3.53. The van der Waals surface area contributed by atoms with E-state index in [-0.39, 0.29) is 24.1 Å². The first kappa shape index (κ1) is 17.7. The molecule has 1 N–H and O–H groups in total. The molecule has 0 spiro atoms. The lowest BCUT2D eigenvalue weighted by Gasteiger charge is -2.16. The van der Waals surface area contributed by atoms with Crippen LogP contribution in [-0.2, 0) is 11.8 Å². The lowest BCUT2D eigenvalue weighted by Crippen LogP contribution is -2.40. The van der Waals surface area contributed by atoms with Gasteiger partial charge in [0.2, 0.25) is 5.91 Å². The van der Waals surface area contributed by atoms with Gasteiger partial charge in [0.15, 0.2) is 11.5 Å². The van der Waals surface area contributed by atoms with Gasteiger partial charge in [0.1, 0.15) is 0 Å². The molecule has 0 unspecified atom stereocenters. The summed E-state index contributed by atoms with van der Waals surface area (Å²) in [5.41, 5.74) is 1.00. The van der Waals surface area contributed by atoms with E-state index in [0.717, 1.165) is 12.2 Å². The van der Waals surface area contributed by atoms with Crippen LogP contribution in [0.15, 0.2) is 28.9 Å². The third kappa shape index (κ3) is 4.45. The fourth-order valence-corrected chi connectivity index (χ4v) is 2.17. The average molecular weight is 333 g/mol. The van der Waals surface area contributed by atoms with Crippen molar-refractivity contribution in [2.45, 2.75) is 0 Å². The molecule has 2 aromatic rings. The van der Waals surface area contributed by atoms with Crippen LogP contribution in [0.1, 0.15) is 10.5 Å². The molecule has 0 aliphatic rings. The summed E-state index contributed by atoms with van der Waals surface area (Å²) in [6, 6.07) is 5.33. The molecule has 0 aliphatic heterocycles. The second-order valence-corrected chi connectivity index (χ2v) is 5.90. The average Bonchev–Trinajstić information content (AvgIpc) is 3.14. The van der Waals surface area contributed by atoms with Gasteiger partial charge in [-0.2, -0.15) is 0 Å². The Morgan fingerprint density at radius 2 is 2.08 bits per heavy atom. The monoisotopic (exact) mass is 333 g/mol. The highest BCUT2D eigenvalue weighted by molar-refractivity contribution is 5.95. The van der Waals surface area contributed by atoms with Crippen molar-refractivity contribution in [1.82, 2.24) is 24.8 Å². The molecule has 0 saturated heterocycles. The molecule has 24 heavy (non-hydrogen) atoms. The second-order valence-electron chi connectivity index (χ2n) is 5.90. The van der Waals surface area contributed by atoms with Gasteiger partial charge < -0.3 is 24.2 Å². The normalized spacial score (nSPS) is 10.9. The smallest absolute Gasteiger partial charge is 0.276 e. The Kier molecular flexibility index (Phi) is 5.75. The Hall–Kier alpha value is -2.61. The first-order chi connectivity index (χ1) is 11.4. The number of hydrogen-bond donors (Lipinski definition) is 1. The molecular weight excluding hydrogens is 310 g/mol. The quantitative estimate of drug-likeness (QED) is 0.794. The molecule has 8 heteroatoms. The molecule has 2 heterocycles. The summed E-state index contributed by atoms with van der Waals surface area (Å²) in [5, 5.41) is 6.57. The zero-order chi connectivity index (χ0) is 17.7. The maximum Gasteiger partial charge on any atom is 0.276 e. The van der Waals surface area contributed by atoms with Gasteiger partial charge in [-0.05, 0) is 26.2 Å². The summed E-state index contributed by atoms with van der Waals surface area (Å²) < 4.78 is 7.10. The summed E-state index contributed by atoms with van der Waals surface area (Å²) in [7, 11) is 7.29. The molecule has 0 aliphatic carbocycles. The minimum Gasteiger partial charge on any atom is -0.354 e. The molecule has 0 radical (unpaired) electrons. The van der Waals surface area contributed by atoms with E-state index in [4.69, 9.17) is 4.52 Å². The van der Waals surface area contributed by atoms with Gasteiger partial charge in [-0.15, -0.1) is 0 Å².